The molecule has 1 amide bonds. The molecule has 0 aromatic heterocycles. The average molecular weight is 562 g/mol. The highest BCUT2D eigenvalue weighted by molar-refractivity contribution is 14.0. The quantitative estimate of drug-likeness (QED) is 0.293. The normalized spacial score (nSPS) is 11.4. The lowest BCUT2D eigenvalue weighted by Crippen LogP contribution is -2.40. The van der Waals surface area contributed by atoms with Gasteiger partial charge in [0.25, 0.3) is 5.91 Å². The monoisotopic (exact) mass is 562 g/mol. The van der Waals surface area contributed by atoms with Crippen LogP contribution >= 0.6 is 24.0 Å². The van der Waals surface area contributed by atoms with Crippen LogP contribution in [0.4, 0.5) is 4.39 Å². The Morgan fingerprint density at radius 3 is 2.39 bits per heavy atom. The Bertz CT molecular complexity index is 1010. The fourth-order valence-corrected chi connectivity index (χ4v) is 4.02. The lowest BCUT2D eigenvalue weighted by molar-refractivity contribution is 0.0827. The van der Waals surface area contributed by atoms with Crippen molar-refractivity contribution in [3.8, 4) is 0 Å². The first kappa shape index (κ1) is 26.8. The van der Waals surface area contributed by atoms with Crippen molar-refractivity contribution in [1.82, 2.24) is 15.5 Å². The van der Waals surface area contributed by atoms with Gasteiger partial charge in [0.1, 0.15) is 10.7 Å². The summed E-state index contributed by atoms with van der Waals surface area (Å²) in [5.41, 5.74) is 1.62. The number of hydrogen-bond acceptors (Lipinski definition) is 4. The van der Waals surface area contributed by atoms with Crippen molar-refractivity contribution >= 4 is 45.7 Å². The molecule has 0 aliphatic carbocycles. The van der Waals surface area contributed by atoms with E-state index in [4.69, 9.17) is 0 Å². The van der Waals surface area contributed by atoms with Gasteiger partial charge in [0.15, 0.2) is 15.8 Å². The number of amides is 1. The molecule has 0 radical (unpaired) electrons. The summed E-state index contributed by atoms with van der Waals surface area (Å²) in [4.78, 5) is 17.3. The third-order valence-corrected chi connectivity index (χ3v) is 6.09. The van der Waals surface area contributed by atoms with Crippen LogP contribution in [0.5, 0.6) is 0 Å². The minimum absolute atomic E-state index is 0. The van der Waals surface area contributed by atoms with Crippen molar-refractivity contribution in [2.24, 2.45) is 4.99 Å². The maximum Gasteiger partial charge on any atom is 0.253 e. The zero-order chi connectivity index (χ0) is 22.1. The standard InChI is InChI=1S/C21H27FN4O3S.HI/c1-23-21(25-13-14-30(28,29)19-10-5-4-9-18(19)22)24-12-11-16-7-6-8-17(15-16)20(27)26(2)3;/h4-10,15H,11-14H2,1-3H3,(H2,23,24,25);1H. The van der Waals surface area contributed by atoms with Crippen molar-refractivity contribution in [2.75, 3.05) is 40.0 Å². The van der Waals surface area contributed by atoms with Gasteiger partial charge in [-0.1, -0.05) is 24.3 Å². The Balaban J connectivity index is 0.00000480. The van der Waals surface area contributed by atoms with E-state index < -0.39 is 15.7 Å². The number of hydrogen-bond donors (Lipinski definition) is 2. The third-order valence-electron chi connectivity index (χ3n) is 4.34. The number of sulfone groups is 1. The number of carbonyl (C=O) groups excluding carboxylic acids is 1. The number of carbonyl (C=O) groups is 1. The Hall–Kier alpha value is -2.21. The van der Waals surface area contributed by atoms with Crippen LogP contribution in [0.2, 0.25) is 0 Å². The third kappa shape index (κ3) is 8.09. The number of guanidine groups is 1. The van der Waals surface area contributed by atoms with Gasteiger partial charge in [-0.15, -0.1) is 24.0 Å². The van der Waals surface area contributed by atoms with Gasteiger partial charge >= 0.3 is 0 Å². The van der Waals surface area contributed by atoms with E-state index in [1.165, 1.54) is 23.1 Å². The highest BCUT2D eigenvalue weighted by atomic mass is 127. The Kier molecular flexibility index (Phi) is 10.9. The van der Waals surface area contributed by atoms with Gasteiger partial charge in [-0.05, 0) is 36.2 Å². The lowest BCUT2D eigenvalue weighted by Gasteiger charge is -2.13. The second-order valence-electron chi connectivity index (χ2n) is 6.83. The molecule has 0 fully saturated rings. The summed E-state index contributed by atoms with van der Waals surface area (Å²) in [5.74, 6) is -0.629. The molecule has 0 spiro atoms. The van der Waals surface area contributed by atoms with Crippen molar-refractivity contribution in [1.29, 1.82) is 0 Å². The molecule has 0 heterocycles. The molecule has 0 aliphatic heterocycles. The smallest absolute Gasteiger partial charge is 0.253 e. The summed E-state index contributed by atoms with van der Waals surface area (Å²) in [7, 11) is 1.26. The molecule has 10 heteroatoms. The van der Waals surface area contributed by atoms with Gasteiger partial charge in [0.2, 0.25) is 0 Å². The summed E-state index contributed by atoms with van der Waals surface area (Å²) in [6.07, 6.45) is 0.656. The second kappa shape index (κ2) is 12.6. The number of halogens is 2. The van der Waals surface area contributed by atoms with Gasteiger partial charge in [-0.2, -0.15) is 0 Å². The van der Waals surface area contributed by atoms with Gasteiger partial charge in [-0.3, -0.25) is 9.79 Å². The molecule has 2 N–H and O–H groups in total. The molecule has 0 unspecified atom stereocenters. The average Bonchev–Trinajstić information content (AvgIpc) is 2.72. The van der Waals surface area contributed by atoms with E-state index >= 15 is 0 Å². The van der Waals surface area contributed by atoms with E-state index in [1.54, 1.807) is 27.2 Å². The zero-order valence-corrected chi connectivity index (χ0v) is 20.9. The molecule has 170 valence electrons. The second-order valence-corrected chi connectivity index (χ2v) is 8.90. The van der Waals surface area contributed by atoms with Crippen molar-refractivity contribution in [3.05, 3.63) is 65.5 Å². The maximum atomic E-state index is 13.7. The predicted molar refractivity (Wildman–Crippen MR) is 131 cm³/mol. The number of nitrogens with one attached hydrogen (secondary N) is 2. The van der Waals surface area contributed by atoms with E-state index in [-0.39, 0.29) is 47.1 Å². The fraction of sp³-hybridized carbons (Fsp3) is 0.333. The van der Waals surface area contributed by atoms with Crippen molar-refractivity contribution in [3.63, 3.8) is 0 Å². The molecular formula is C21H28FIN4O3S. The van der Waals surface area contributed by atoms with Gasteiger partial charge < -0.3 is 15.5 Å². The number of aliphatic imine (C=N–C) groups is 1. The molecule has 0 aliphatic rings. The van der Waals surface area contributed by atoms with Crippen LogP contribution in [0.25, 0.3) is 0 Å². The van der Waals surface area contributed by atoms with E-state index in [0.717, 1.165) is 11.6 Å². The molecule has 31 heavy (non-hydrogen) atoms. The Labute approximate surface area is 200 Å². The van der Waals surface area contributed by atoms with Crippen molar-refractivity contribution < 1.29 is 17.6 Å². The summed E-state index contributed by atoms with van der Waals surface area (Å²) < 4.78 is 38.3. The fourth-order valence-electron chi connectivity index (χ4n) is 2.77. The Morgan fingerprint density at radius 1 is 1.06 bits per heavy atom. The van der Waals surface area contributed by atoms with Gasteiger partial charge in [0.05, 0.1) is 5.75 Å². The van der Waals surface area contributed by atoms with Crippen LogP contribution in [0.15, 0.2) is 58.4 Å². The van der Waals surface area contributed by atoms with Crippen LogP contribution in [0.1, 0.15) is 15.9 Å². The molecular weight excluding hydrogens is 534 g/mol. The van der Waals surface area contributed by atoms with Crippen molar-refractivity contribution in [2.45, 2.75) is 11.3 Å². The molecule has 2 rings (SSSR count). The van der Waals surface area contributed by atoms with E-state index in [1.807, 2.05) is 18.2 Å². The highest BCUT2D eigenvalue weighted by Crippen LogP contribution is 2.14. The minimum Gasteiger partial charge on any atom is -0.356 e. The maximum absolute atomic E-state index is 13.7. The first-order chi connectivity index (χ1) is 14.2. The number of nitrogens with zero attached hydrogens (tertiary/aromatic N) is 2. The van der Waals surface area contributed by atoms with E-state index in [2.05, 4.69) is 15.6 Å². The Morgan fingerprint density at radius 2 is 1.74 bits per heavy atom. The molecule has 0 atom stereocenters. The van der Waals surface area contributed by atoms with Crippen LogP contribution < -0.4 is 10.6 Å². The molecule has 7 nitrogen and oxygen atoms in total. The molecule has 2 aromatic carbocycles. The lowest BCUT2D eigenvalue weighted by atomic mass is 10.1. The largest absolute Gasteiger partial charge is 0.356 e. The summed E-state index contributed by atoms with van der Waals surface area (Å²) >= 11 is 0. The van der Waals surface area contributed by atoms with Crippen LogP contribution in [0, 0.1) is 5.82 Å². The SMILES string of the molecule is CN=C(NCCc1cccc(C(=O)N(C)C)c1)NCCS(=O)(=O)c1ccccc1F.I. The number of rotatable bonds is 8. The van der Waals surface area contributed by atoms with Crippen LogP contribution in [0.3, 0.4) is 0 Å². The number of benzene rings is 2. The molecule has 0 saturated carbocycles. The zero-order valence-electron chi connectivity index (χ0n) is 17.8. The highest BCUT2D eigenvalue weighted by Gasteiger charge is 2.18. The summed E-state index contributed by atoms with van der Waals surface area (Å²) in [6.45, 7) is 0.627. The van der Waals surface area contributed by atoms with E-state index in [9.17, 15) is 17.6 Å². The summed E-state index contributed by atoms with van der Waals surface area (Å²) in [5, 5.41) is 6.02. The minimum atomic E-state index is -3.73. The van der Waals surface area contributed by atoms with Gasteiger partial charge in [-0.25, -0.2) is 12.8 Å². The molecule has 2 aromatic rings. The van der Waals surface area contributed by atoms with E-state index in [0.29, 0.717) is 24.5 Å². The molecule has 0 bridgehead atoms. The van der Waals surface area contributed by atoms with Gasteiger partial charge in [0, 0.05) is 39.8 Å². The first-order valence-corrected chi connectivity index (χ1v) is 11.1. The van der Waals surface area contributed by atoms with Crippen LogP contribution in [-0.2, 0) is 16.3 Å². The molecule has 0 saturated heterocycles. The predicted octanol–water partition coefficient (Wildman–Crippen LogP) is 2.33. The summed E-state index contributed by atoms with van der Waals surface area (Å²) in [6, 6.07) is 12.7. The topological polar surface area (TPSA) is 90.9 Å². The first-order valence-electron chi connectivity index (χ1n) is 9.47. The van der Waals surface area contributed by atoms with Crippen LogP contribution in [-0.4, -0.2) is 65.2 Å².